The predicted molar refractivity (Wildman–Crippen MR) is 108 cm³/mol. The smallest absolute Gasteiger partial charge is 0.258 e. The van der Waals surface area contributed by atoms with E-state index in [0.717, 1.165) is 5.56 Å². The van der Waals surface area contributed by atoms with Crippen LogP contribution in [-0.2, 0) is 16.1 Å². The van der Waals surface area contributed by atoms with E-state index in [1.807, 2.05) is 19.1 Å². The van der Waals surface area contributed by atoms with Crippen molar-refractivity contribution in [1.82, 2.24) is 5.32 Å². The number of hydrogen-bond acceptors (Lipinski definition) is 5. The van der Waals surface area contributed by atoms with Crippen LogP contribution in [0.3, 0.4) is 0 Å². The number of nitriles is 1. The van der Waals surface area contributed by atoms with Gasteiger partial charge in [-0.25, -0.2) is 0 Å². The maximum atomic E-state index is 12.1. The number of ether oxygens (including phenoxy) is 2. The maximum Gasteiger partial charge on any atom is 0.258 e. The van der Waals surface area contributed by atoms with Crippen LogP contribution in [0.2, 0.25) is 0 Å². The van der Waals surface area contributed by atoms with Gasteiger partial charge in [0, 0.05) is 25.2 Å². The Labute approximate surface area is 171 Å². The topological polar surface area (TPSA) is 100 Å². The van der Waals surface area contributed by atoms with Crippen molar-refractivity contribution in [3.8, 4) is 17.6 Å². The first-order valence-corrected chi connectivity index (χ1v) is 9.34. The van der Waals surface area contributed by atoms with Gasteiger partial charge in [0.25, 0.3) is 5.91 Å². The number of rotatable bonds is 8. The number of anilines is 1. The fourth-order valence-electron chi connectivity index (χ4n) is 2.39. The van der Waals surface area contributed by atoms with Gasteiger partial charge in [0.15, 0.2) is 18.1 Å². The molecule has 0 aromatic heterocycles. The van der Waals surface area contributed by atoms with E-state index in [-0.39, 0.29) is 18.4 Å². The number of carbonyl (C=O) groups excluding carboxylic acids is 2. The second-order valence-electron chi connectivity index (χ2n) is 5.78. The quantitative estimate of drug-likeness (QED) is 0.648. The molecule has 0 radical (unpaired) electrons. The molecule has 0 heterocycles. The maximum absolute atomic E-state index is 12.1. The minimum atomic E-state index is -0.316. The zero-order valence-corrected chi connectivity index (χ0v) is 17.1. The highest BCUT2D eigenvalue weighted by atomic mass is 79.9. The summed E-state index contributed by atoms with van der Waals surface area (Å²) < 4.78 is 11.6. The number of nitrogens with zero attached hydrogens (tertiary/aromatic N) is 1. The Morgan fingerprint density at radius 1 is 1.21 bits per heavy atom. The van der Waals surface area contributed by atoms with E-state index in [2.05, 4.69) is 26.6 Å². The molecule has 2 N–H and O–H groups in total. The lowest BCUT2D eigenvalue weighted by molar-refractivity contribution is -0.123. The van der Waals surface area contributed by atoms with Gasteiger partial charge in [-0.15, -0.1) is 0 Å². The van der Waals surface area contributed by atoms with Crippen LogP contribution in [0.25, 0.3) is 0 Å². The summed E-state index contributed by atoms with van der Waals surface area (Å²) in [5.74, 6) is 0.282. The van der Waals surface area contributed by atoms with Gasteiger partial charge in [-0.05, 0) is 46.6 Å². The lowest BCUT2D eigenvalue weighted by atomic mass is 10.2. The first kappa shape index (κ1) is 21.3. The molecular weight excluding hydrogens is 426 g/mol. The lowest BCUT2D eigenvalue weighted by Crippen LogP contribution is -2.28. The summed E-state index contributed by atoms with van der Waals surface area (Å²) >= 11 is 3.34. The van der Waals surface area contributed by atoms with Crippen molar-refractivity contribution in [1.29, 1.82) is 5.26 Å². The fraction of sp³-hybridized carbons (Fsp3) is 0.250. The van der Waals surface area contributed by atoms with E-state index in [1.165, 1.54) is 6.92 Å². The Bertz CT molecular complexity index is 909. The summed E-state index contributed by atoms with van der Waals surface area (Å²) in [6.45, 7) is 3.73. The Morgan fingerprint density at radius 2 is 2.00 bits per heavy atom. The highest BCUT2D eigenvalue weighted by molar-refractivity contribution is 9.10. The third kappa shape index (κ3) is 6.28. The van der Waals surface area contributed by atoms with Crippen molar-refractivity contribution >= 4 is 33.4 Å². The van der Waals surface area contributed by atoms with E-state index in [9.17, 15) is 9.59 Å². The molecule has 146 valence electrons. The molecule has 0 spiro atoms. The normalized spacial score (nSPS) is 9.93. The molecule has 0 aliphatic rings. The van der Waals surface area contributed by atoms with Crippen LogP contribution in [0.1, 0.15) is 25.0 Å². The molecule has 0 bridgehead atoms. The van der Waals surface area contributed by atoms with Crippen LogP contribution in [-0.4, -0.2) is 25.0 Å². The Balaban J connectivity index is 1.96. The summed E-state index contributed by atoms with van der Waals surface area (Å²) in [5, 5.41) is 14.5. The third-order valence-electron chi connectivity index (χ3n) is 3.52. The Kier molecular flexibility index (Phi) is 7.84. The van der Waals surface area contributed by atoms with Crippen LogP contribution in [0.5, 0.6) is 11.5 Å². The number of halogens is 1. The fourth-order valence-corrected chi connectivity index (χ4v) is 2.94. The summed E-state index contributed by atoms with van der Waals surface area (Å²) in [4.78, 5) is 23.3. The zero-order valence-electron chi connectivity index (χ0n) is 15.5. The second kappa shape index (κ2) is 10.3. The largest absolute Gasteiger partial charge is 0.490 e. The highest BCUT2D eigenvalue weighted by Crippen LogP contribution is 2.36. The number of carbonyl (C=O) groups is 2. The molecule has 0 fully saturated rings. The molecule has 2 aromatic rings. The monoisotopic (exact) mass is 445 g/mol. The molecule has 2 aromatic carbocycles. The molecule has 0 atom stereocenters. The molecule has 0 aliphatic carbocycles. The summed E-state index contributed by atoms with van der Waals surface area (Å²) in [6.07, 6.45) is 0. The predicted octanol–water partition coefficient (Wildman–Crippen LogP) is 3.37. The highest BCUT2D eigenvalue weighted by Gasteiger charge is 2.14. The first-order valence-electron chi connectivity index (χ1n) is 8.55. The van der Waals surface area contributed by atoms with Crippen molar-refractivity contribution < 1.29 is 19.1 Å². The van der Waals surface area contributed by atoms with Crippen LogP contribution in [0, 0.1) is 11.3 Å². The third-order valence-corrected chi connectivity index (χ3v) is 4.11. The second-order valence-corrected chi connectivity index (χ2v) is 6.63. The summed E-state index contributed by atoms with van der Waals surface area (Å²) in [5.41, 5.74) is 1.93. The summed E-state index contributed by atoms with van der Waals surface area (Å²) in [7, 11) is 0. The molecule has 0 saturated heterocycles. The van der Waals surface area contributed by atoms with Crippen molar-refractivity contribution in [3.05, 3.63) is 52.0 Å². The Morgan fingerprint density at radius 3 is 2.68 bits per heavy atom. The minimum absolute atomic E-state index is 0.160. The number of benzene rings is 2. The molecule has 2 rings (SSSR count). The van der Waals surface area contributed by atoms with Crippen molar-refractivity contribution in [2.24, 2.45) is 0 Å². The van der Waals surface area contributed by atoms with Crippen molar-refractivity contribution in [3.63, 3.8) is 0 Å². The first-order chi connectivity index (χ1) is 13.4. The van der Waals surface area contributed by atoms with Crippen molar-refractivity contribution in [2.75, 3.05) is 18.5 Å². The molecular formula is C20H20BrN3O4. The number of hydrogen-bond donors (Lipinski definition) is 2. The van der Waals surface area contributed by atoms with E-state index < -0.39 is 0 Å². The van der Waals surface area contributed by atoms with E-state index in [0.29, 0.717) is 40.4 Å². The van der Waals surface area contributed by atoms with Crippen LogP contribution < -0.4 is 20.1 Å². The van der Waals surface area contributed by atoms with Gasteiger partial charge >= 0.3 is 0 Å². The standard InChI is InChI=1S/C20H20BrN3O4/c1-3-27-18-9-15(10-22)8-17(21)20(18)28-12-19(26)23-11-14-5-4-6-16(7-14)24-13(2)25/h4-9H,3,11-12H2,1-2H3,(H,23,26)(H,24,25). The SMILES string of the molecule is CCOc1cc(C#N)cc(Br)c1OCC(=O)NCc1cccc(NC(C)=O)c1. The molecule has 0 saturated carbocycles. The molecule has 28 heavy (non-hydrogen) atoms. The minimum Gasteiger partial charge on any atom is -0.490 e. The Hall–Kier alpha value is -3.05. The van der Waals surface area contributed by atoms with Gasteiger partial charge in [-0.1, -0.05) is 12.1 Å². The van der Waals surface area contributed by atoms with Gasteiger partial charge in [0.2, 0.25) is 5.91 Å². The zero-order chi connectivity index (χ0) is 20.5. The molecule has 7 nitrogen and oxygen atoms in total. The van der Waals surface area contributed by atoms with Crippen molar-refractivity contribution in [2.45, 2.75) is 20.4 Å². The number of amides is 2. The van der Waals surface area contributed by atoms with Gasteiger partial charge < -0.3 is 20.1 Å². The van der Waals surface area contributed by atoms with Gasteiger partial charge in [-0.2, -0.15) is 5.26 Å². The van der Waals surface area contributed by atoms with Crippen LogP contribution in [0.4, 0.5) is 5.69 Å². The van der Waals surface area contributed by atoms with Gasteiger partial charge in [0.05, 0.1) is 22.7 Å². The van der Waals surface area contributed by atoms with Gasteiger partial charge in [0.1, 0.15) is 0 Å². The summed E-state index contributed by atoms with van der Waals surface area (Å²) in [6, 6.07) is 12.4. The average Bonchev–Trinajstić information content (AvgIpc) is 2.65. The molecule has 2 amide bonds. The van der Waals surface area contributed by atoms with E-state index in [4.69, 9.17) is 14.7 Å². The van der Waals surface area contributed by atoms with E-state index >= 15 is 0 Å². The number of nitrogens with one attached hydrogen (secondary N) is 2. The van der Waals surface area contributed by atoms with E-state index in [1.54, 1.807) is 30.3 Å². The molecule has 0 unspecified atom stereocenters. The molecule has 0 aliphatic heterocycles. The van der Waals surface area contributed by atoms with Crippen LogP contribution >= 0.6 is 15.9 Å². The average molecular weight is 446 g/mol. The van der Waals surface area contributed by atoms with Crippen LogP contribution in [0.15, 0.2) is 40.9 Å². The molecule has 8 heteroatoms. The lowest BCUT2D eigenvalue weighted by Gasteiger charge is -2.14. The van der Waals surface area contributed by atoms with Gasteiger partial charge in [-0.3, -0.25) is 9.59 Å².